The van der Waals surface area contributed by atoms with Gasteiger partial charge >= 0.3 is 5.97 Å². The summed E-state index contributed by atoms with van der Waals surface area (Å²) in [7, 11) is 0. The van der Waals surface area contributed by atoms with Gasteiger partial charge in [-0.05, 0) is 11.6 Å². The van der Waals surface area contributed by atoms with Crippen molar-refractivity contribution >= 4 is 23.8 Å². The molecule has 0 radical (unpaired) electrons. The third-order valence-electron chi connectivity index (χ3n) is 2.30. The summed E-state index contributed by atoms with van der Waals surface area (Å²) in [5.41, 5.74) is 1.17. The van der Waals surface area contributed by atoms with Crippen molar-refractivity contribution in [3.05, 3.63) is 40.8 Å². The highest BCUT2D eigenvalue weighted by molar-refractivity contribution is 8.03. The maximum atomic E-state index is 10.5. The van der Waals surface area contributed by atoms with E-state index in [1.807, 2.05) is 35.2 Å². The molecule has 4 heteroatoms. The summed E-state index contributed by atoms with van der Waals surface area (Å²) >= 11 is 1.71. The van der Waals surface area contributed by atoms with E-state index in [2.05, 4.69) is 6.08 Å². The van der Waals surface area contributed by atoms with E-state index in [4.69, 9.17) is 5.11 Å². The van der Waals surface area contributed by atoms with Crippen LogP contribution < -0.4 is 0 Å². The molecule has 1 saturated heterocycles. The van der Waals surface area contributed by atoms with Crippen LogP contribution in [0.2, 0.25) is 0 Å². The predicted molar refractivity (Wildman–Crippen MR) is 66.1 cm³/mol. The van der Waals surface area contributed by atoms with Crippen molar-refractivity contribution in [2.45, 2.75) is 0 Å². The zero-order chi connectivity index (χ0) is 11.4. The molecule has 1 aromatic rings. The lowest BCUT2D eigenvalue weighted by Gasteiger charge is -2.08. The number of hydrogen-bond acceptors (Lipinski definition) is 3. The highest BCUT2D eigenvalue weighted by atomic mass is 32.2. The van der Waals surface area contributed by atoms with Gasteiger partial charge in [0, 0.05) is 17.3 Å². The Hall–Kier alpha value is -1.26. The molecule has 1 N–H and O–H groups in total. The van der Waals surface area contributed by atoms with Gasteiger partial charge < -0.3 is 5.11 Å². The summed E-state index contributed by atoms with van der Waals surface area (Å²) in [6.07, 6.45) is 2.12. The first-order chi connectivity index (χ1) is 7.74. The van der Waals surface area contributed by atoms with Crippen LogP contribution in [-0.2, 0) is 4.79 Å². The molecule has 1 aliphatic rings. The summed E-state index contributed by atoms with van der Waals surface area (Å²) in [5.74, 6) is 0.00637. The van der Waals surface area contributed by atoms with E-state index in [1.54, 1.807) is 11.8 Å². The van der Waals surface area contributed by atoms with Crippen molar-refractivity contribution in [2.24, 2.45) is 0 Å². The van der Waals surface area contributed by atoms with Gasteiger partial charge in [0.25, 0.3) is 0 Å². The number of carbonyl (C=O) groups is 1. The number of carboxylic acids is 1. The van der Waals surface area contributed by atoms with Crippen molar-refractivity contribution in [1.29, 1.82) is 0 Å². The van der Waals surface area contributed by atoms with Crippen LogP contribution in [0.1, 0.15) is 5.56 Å². The van der Waals surface area contributed by atoms with Crippen molar-refractivity contribution in [2.75, 3.05) is 19.0 Å². The van der Waals surface area contributed by atoms with Gasteiger partial charge in [-0.2, -0.15) is 0 Å². The van der Waals surface area contributed by atoms with Crippen LogP contribution in [0.15, 0.2) is 35.2 Å². The molecule has 16 heavy (non-hydrogen) atoms. The summed E-state index contributed by atoms with van der Waals surface area (Å²) in [6.45, 7) is 0.866. The van der Waals surface area contributed by atoms with E-state index in [1.165, 1.54) is 10.5 Å². The van der Waals surface area contributed by atoms with E-state index < -0.39 is 5.97 Å². The molecule has 84 valence electrons. The summed E-state index contributed by atoms with van der Waals surface area (Å²) in [6, 6.07) is 10.1. The molecule has 1 aromatic carbocycles. The minimum absolute atomic E-state index is 0.124. The SMILES string of the molecule is O=C(O)CN1CSC(=Cc2ccccc2)C1. The third-order valence-corrected chi connectivity index (χ3v) is 3.41. The van der Waals surface area contributed by atoms with Crippen LogP contribution in [0.25, 0.3) is 6.08 Å². The number of carboxylic acid groups (broad SMARTS) is 1. The van der Waals surface area contributed by atoms with E-state index in [0.29, 0.717) is 0 Å². The Morgan fingerprint density at radius 3 is 2.88 bits per heavy atom. The second-order valence-corrected chi connectivity index (χ2v) is 4.75. The van der Waals surface area contributed by atoms with Crippen molar-refractivity contribution < 1.29 is 9.90 Å². The average molecular weight is 235 g/mol. The Morgan fingerprint density at radius 1 is 1.44 bits per heavy atom. The van der Waals surface area contributed by atoms with Gasteiger partial charge in [0.2, 0.25) is 0 Å². The highest BCUT2D eigenvalue weighted by Crippen LogP contribution is 2.27. The lowest BCUT2D eigenvalue weighted by molar-refractivity contribution is -0.137. The van der Waals surface area contributed by atoms with Crippen LogP contribution in [0.5, 0.6) is 0 Å². The van der Waals surface area contributed by atoms with Gasteiger partial charge in [-0.25, -0.2) is 0 Å². The molecule has 0 unspecified atom stereocenters. The topological polar surface area (TPSA) is 40.5 Å². The molecule has 1 heterocycles. The summed E-state index contributed by atoms with van der Waals surface area (Å²) in [5, 5.41) is 8.68. The normalized spacial score (nSPS) is 19.1. The smallest absolute Gasteiger partial charge is 0.317 e. The fourth-order valence-electron chi connectivity index (χ4n) is 1.60. The number of benzene rings is 1. The first-order valence-corrected chi connectivity index (χ1v) is 6.05. The molecule has 0 atom stereocenters. The molecular weight excluding hydrogens is 222 g/mol. The second kappa shape index (κ2) is 5.18. The number of rotatable bonds is 3. The van der Waals surface area contributed by atoms with E-state index in [9.17, 15) is 4.79 Å². The first kappa shape index (κ1) is 11.2. The molecule has 3 nitrogen and oxygen atoms in total. The minimum Gasteiger partial charge on any atom is -0.480 e. The van der Waals surface area contributed by atoms with Crippen molar-refractivity contribution in [1.82, 2.24) is 4.90 Å². The van der Waals surface area contributed by atoms with Crippen molar-refractivity contribution in [3.8, 4) is 0 Å². The number of hydrogen-bond donors (Lipinski definition) is 1. The third kappa shape index (κ3) is 3.12. The average Bonchev–Trinajstić information content (AvgIpc) is 2.66. The van der Waals surface area contributed by atoms with Gasteiger partial charge in [-0.3, -0.25) is 9.69 Å². The van der Waals surface area contributed by atoms with Gasteiger partial charge in [0.05, 0.1) is 6.54 Å². The summed E-state index contributed by atoms with van der Waals surface area (Å²) < 4.78 is 0. The predicted octanol–water partition coefficient (Wildman–Crippen LogP) is 2.12. The zero-order valence-corrected chi connectivity index (χ0v) is 9.61. The van der Waals surface area contributed by atoms with E-state index in [-0.39, 0.29) is 6.54 Å². The molecule has 0 aromatic heterocycles. The van der Waals surface area contributed by atoms with Crippen LogP contribution in [0, 0.1) is 0 Å². The molecule has 1 aliphatic heterocycles. The van der Waals surface area contributed by atoms with Gasteiger partial charge in [-0.15, -0.1) is 11.8 Å². The van der Waals surface area contributed by atoms with Crippen LogP contribution >= 0.6 is 11.8 Å². The lowest BCUT2D eigenvalue weighted by atomic mass is 10.2. The summed E-state index contributed by atoms with van der Waals surface area (Å²) in [4.78, 5) is 13.7. The Labute approximate surface area is 98.8 Å². The number of nitrogens with zero attached hydrogens (tertiary/aromatic N) is 1. The largest absolute Gasteiger partial charge is 0.480 e. The minimum atomic E-state index is -0.762. The van der Waals surface area contributed by atoms with Crippen molar-refractivity contribution in [3.63, 3.8) is 0 Å². The molecule has 0 bridgehead atoms. The second-order valence-electron chi connectivity index (χ2n) is 3.68. The maximum Gasteiger partial charge on any atom is 0.317 e. The molecule has 0 aliphatic carbocycles. The van der Waals surface area contributed by atoms with Crippen LogP contribution in [0.4, 0.5) is 0 Å². The van der Waals surface area contributed by atoms with E-state index in [0.717, 1.165) is 12.4 Å². The fourth-order valence-corrected chi connectivity index (χ4v) is 2.63. The van der Waals surface area contributed by atoms with Gasteiger partial charge in [0.1, 0.15) is 0 Å². The standard InChI is InChI=1S/C12H13NO2S/c14-12(15)8-13-7-11(16-9-13)6-10-4-2-1-3-5-10/h1-6H,7-9H2,(H,14,15). The highest BCUT2D eigenvalue weighted by Gasteiger charge is 2.18. The number of aliphatic carboxylic acids is 1. The molecular formula is C12H13NO2S. The van der Waals surface area contributed by atoms with Gasteiger partial charge in [0.15, 0.2) is 0 Å². The molecule has 0 spiro atoms. The Bertz CT molecular complexity index is 403. The zero-order valence-electron chi connectivity index (χ0n) is 8.80. The quantitative estimate of drug-likeness (QED) is 0.871. The fraction of sp³-hybridized carbons (Fsp3) is 0.250. The first-order valence-electron chi connectivity index (χ1n) is 5.06. The maximum absolute atomic E-state index is 10.5. The molecule has 2 rings (SSSR count). The molecule has 0 saturated carbocycles. The van der Waals surface area contributed by atoms with Crippen LogP contribution in [0.3, 0.4) is 0 Å². The lowest BCUT2D eigenvalue weighted by Crippen LogP contribution is -2.26. The van der Waals surface area contributed by atoms with Crippen LogP contribution in [-0.4, -0.2) is 34.9 Å². The van der Waals surface area contributed by atoms with E-state index >= 15 is 0 Å². The Balaban J connectivity index is 1.98. The Morgan fingerprint density at radius 2 is 2.19 bits per heavy atom. The van der Waals surface area contributed by atoms with Gasteiger partial charge in [-0.1, -0.05) is 30.3 Å². The molecule has 1 fully saturated rings. The number of thioether (sulfide) groups is 1. The molecule has 0 amide bonds. The Kier molecular flexibility index (Phi) is 3.64. The monoisotopic (exact) mass is 235 g/mol.